The van der Waals surface area contributed by atoms with Crippen LogP contribution in [0.25, 0.3) is 0 Å². The molecule has 0 fully saturated rings. The predicted octanol–water partition coefficient (Wildman–Crippen LogP) is 3.44. The lowest BCUT2D eigenvalue weighted by molar-refractivity contribution is -0.0505. The highest BCUT2D eigenvalue weighted by atomic mass is 127. The summed E-state index contributed by atoms with van der Waals surface area (Å²) in [4.78, 5) is 4.44. The molecule has 1 heterocycles. The minimum atomic E-state index is -2.92. The Morgan fingerprint density at radius 1 is 1.31 bits per heavy atom. The molecule has 148 valence electrons. The fourth-order valence-corrected chi connectivity index (χ4v) is 2.66. The number of thioether (sulfide) groups is 1. The Bertz CT molecular complexity index is 594. The van der Waals surface area contributed by atoms with E-state index >= 15 is 0 Å². The molecule has 0 amide bonds. The average Bonchev–Trinajstić information content (AvgIpc) is 3.02. The molecule has 0 aliphatic carbocycles. The van der Waals surface area contributed by atoms with Gasteiger partial charge in [-0.05, 0) is 31.4 Å². The smallest absolute Gasteiger partial charge is 0.387 e. The summed E-state index contributed by atoms with van der Waals surface area (Å²) in [5.41, 5.74) is 0.505. The summed E-state index contributed by atoms with van der Waals surface area (Å²) in [6.07, 6.45) is 3.07. The van der Waals surface area contributed by atoms with E-state index in [1.165, 1.54) is 6.07 Å². The second kappa shape index (κ2) is 12.3. The number of guanidine groups is 1. The Labute approximate surface area is 173 Å². The zero-order chi connectivity index (χ0) is 18.1. The lowest BCUT2D eigenvalue weighted by atomic mass is 10.1. The van der Waals surface area contributed by atoms with Gasteiger partial charge >= 0.3 is 6.61 Å². The quantitative estimate of drug-likeness (QED) is 0.233. The van der Waals surface area contributed by atoms with Gasteiger partial charge < -0.3 is 24.8 Å². The van der Waals surface area contributed by atoms with Crippen LogP contribution in [0, 0.1) is 0 Å². The zero-order valence-electron chi connectivity index (χ0n) is 14.7. The Balaban J connectivity index is 0.00000338. The summed E-state index contributed by atoms with van der Waals surface area (Å²) in [6, 6.07) is 3.04. The van der Waals surface area contributed by atoms with Crippen LogP contribution in [-0.4, -0.2) is 44.5 Å². The summed E-state index contributed by atoms with van der Waals surface area (Å²) in [6.45, 7) is 0.780. The molecule has 1 aliphatic rings. The Hall–Kier alpha value is -1.17. The van der Waals surface area contributed by atoms with Gasteiger partial charge in [-0.3, -0.25) is 0 Å². The summed E-state index contributed by atoms with van der Waals surface area (Å²) in [7, 11) is 0. The third kappa shape index (κ3) is 7.22. The fourth-order valence-electron chi connectivity index (χ4n) is 2.22. The number of nitrogens with zero attached hydrogens (tertiary/aromatic N) is 1. The van der Waals surface area contributed by atoms with E-state index < -0.39 is 6.61 Å². The highest BCUT2D eigenvalue weighted by molar-refractivity contribution is 14.0. The summed E-state index contributed by atoms with van der Waals surface area (Å²) in [5, 5.41) is 6.35. The van der Waals surface area contributed by atoms with Crippen molar-refractivity contribution in [1.29, 1.82) is 0 Å². The normalized spacial score (nSPS) is 12.7. The number of alkyl halides is 2. The van der Waals surface area contributed by atoms with E-state index in [-0.39, 0.29) is 43.1 Å². The van der Waals surface area contributed by atoms with Crippen molar-refractivity contribution in [2.75, 3.05) is 31.9 Å². The van der Waals surface area contributed by atoms with Gasteiger partial charge in [0.15, 0.2) is 17.5 Å². The summed E-state index contributed by atoms with van der Waals surface area (Å²) in [5.74, 6) is 2.63. The Morgan fingerprint density at radius 3 is 2.69 bits per heavy atom. The molecule has 0 radical (unpaired) electrons. The topological polar surface area (TPSA) is 64.1 Å². The van der Waals surface area contributed by atoms with Crippen LogP contribution in [0.15, 0.2) is 17.1 Å². The van der Waals surface area contributed by atoms with Crippen LogP contribution in [0.3, 0.4) is 0 Å². The molecule has 0 atom stereocenters. The molecule has 1 aromatic rings. The van der Waals surface area contributed by atoms with E-state index in [1.54, 1.807) is 17.8 Å². The van der Waals surface area contributed by atoms with Gasteiger partial charge in [-0.15, -0.1) is 24.0 Å². The minimum Gasteiger partial charge on any atom is -0.454 e. The van der Waals surface area contributed by atoms with Gasteiger partial charge in [-0.1, -0.05) is 0 Å². The lowest BCUT2D eigenvalue weighted by Gasteiger charge is -2.13. The van der Waals surface area contributed by atoms with E-state index in [0.29, 0.717) is 29.6 Å². The molecule has 6 nitrogen and oxygen atoms in total. The third-order valence-electron chi connectivity index (χ3n) is 3.34. The van der Waals surface area contributed by atoms with Gasteiger partial charge in [0.1, 0.15) is 5.75 Å². The zero-order valence-corrected chi connectivity index (χ0v) is 17.9. The summed E-state index contributed by atoms with van der Waals surface area (Å²) >= 11 is 1.78. The molecule has 0 saturated carbocycles. The van der Waals surface area contributed by atoms with E-state index in [4.69, 9.17) is 9.47 Å². The van der Waals surface area contributed by atoms with Crippen molar-refractivity contribution in [1.82, 2.24) is 10.6 Å². The molecule has 0 unspecified atom stereocenters. The molecule has 26 heavy (non-hydrogen) atoms. The number of hydrogen-bond donors (Lipinski definition) is 2. The van der Waals surface area contributed by atoms with E-state index in [1.807, 2.05) is 6.92 Å². The highest BCUT2D eigenvalue weighted by Gasteiger charge is 2.20. The van der Waals surface area contributed by atoms with Gasteiger partial charge in [-0.2, -0.15) is 20.5 Å². The van der Waals surface area contributed by atoms with Crippen molar-refractivity contribution < 1.29 is 23.0 Å². The summed E-state index contributed by atoms with van der Waals surface area (Å²) < 4.78 is 40.4. The van der Waals surface area contributed by atoms with E-state index in [0.717, 1.165) is 18.7 Å². The lowest BCUT2D eigenvalue weighted by Crippen LogP contribution is -2.37. The maximum atomic E-state index is 12.7. The molecule has 0 bridgehead atoms. The van der Waals surface area contributed by atoms with Gasteiger partial charge in [0.05, 0.1) is 6.54 Å². The Morgan fingerprint density at radius 2 is 2.04 bits per heavy atom. The molecule has 2 rings (SSSR count). The number of nitrogens with one attached hydrogen (secondary N) is 2. The molecule has 2 N–H and O–H groups in total. The number of aliphatic imine (C=N–C) groups is 1. The fraction of sp³-hybridized carbons (Fsp3) is 0.562. The van der Waals surface area contributed by atoms with E-state index in [2.05, 4.69) is 26.6 Å². The molecule has 10 heteroatoms. The Kier molecular flexibility index (Phi) is 10.8. The molecule has 0 saturated heterocycles. The SMILES string of the molecule is CCNC(=NCc1cc2c(cc1OC(F)F)OCO2)NCCCSC.I. The van der Waals surface area contributed by atoms with E-state index in [9.17, 15) is 8.78 Å². The number of fused-ring (bicyclic) bond motifs is 1. The maximum absolute atomic E-state index is 12.7. The number of benzene rings is 1. The number of hydrogen-bond acceptors (Lipinski definition) is 5. The van der Waals surface area contributed by atoms with Crippen molar-refractivity contribution in [3.8, 4) is 17.2 Å². The minimum absolute atomic E-state index is 0. The van der Waals surface area contributed by atoms with Crippen molar-refractivity contribution in [2.45, 2.75) is 26.5 Å². The van der Waals surface area contributed by atoms with Crippen LogP contribution in [0.2, 0.25) is 0 Å². The maximum Gasteiger partial charge on any atom is 0.387 e. The highest BCUT2D eigenvalue weighted by Crippen LogP contribution is 2.38. The second-order valence-electron chi connectivity index (χ2n) is 5.16. The van der Waals surface area contributed by atoms with Gasteiger partial charge in [0.25, 0.3) is 0 Å². The van der Waals surface area contributed by atoms with Crippen LogP contribution in [0.5, 0.6) is 17.2 Å². The van der Waals surface area contributed by atoms with Gasteiger partial charge in [0, 0.05) is 24.7 Å². The first-order valence-corrected chi connectivity index (χ1v) is 9.41. The first kappa shape index (κ1) is 22.9. The van der Waals surface area contributed by atoms with Crippen molar-refractivity contribution >= 4 is 41.7 Å². The van der Waals surface area contributed by atoms with Crippen LogP contribution in [0.1, 0.15) is 18.9 Å². The van der Waals surface area contributed by atoms with Crippen LogP contribution in [-0.2, 0) is 6.54 Å². The monoisotopic (exact) mass is 503 g/mol. The second-order valence-corrected chi connectivity index (χ2v) is 6.15. The molecule has 1 aliphatic heterocycles. The van der Waals surface area contributed by atoms with Crippen LogP contribution >= 0.6 is 35.7 Å². The van der Waals surface area contributed by atoms with Crippen LogP contribution in [0.4, 0.5) is 8.78 Å². The number of rotatable bonds is 9. The van der Waals surface area contributed by atoms with Gasteiger partial charge in [-0.25, -0.2) is 4.99 Å². The van der Waals surface area contributed by atoms with Crippen molar-refractivity contribution in [3.63, 3.8) is 0 Å². The molecule has 0 aromatic heterocycles. The third-order valence-corrected chi connectivity index (χ3v) is 4.04. The van der Waals surface area contributed by atoms with Crippen LogP contribution < -0.4 is 24.8 Å². The predicted molar refractivity (Wildman–Crippen MR) is 110 cm³/mol. The molecular formula is C16H24F2IN3O3S. The first-order valence-electron chi connectivity index (χ1n) is 8.02. The molecular weight excluding hydrogens is 479 g/mol. The number of ether oxygens (including phenoxy) is 3. The van der Waals surface area contributed by atoms with Gasteiger partial charge in [0.2, 0.25) is 6.79 Å². The standard InChI is InChI=1S/C16H23F2N3O3S.HI/c1-3-19-16(20-5-4-6-25-2)21-9-11-7-13-14(23-10-22-13)8-12(11)24-15(17)18;/h7-8,15H,3-6,9-10H2,1-2H3,(H2,19,20,21);1H. The van der Waals surface area contributed by atoms with Crippen molar-refractivity contribution in [2.24, 2.45) is 4.99 Å². The largest absolute Gasteiger partial charge is 0.454 e. The number of halogens is 3. The first-order chi connectivity index (χ1) is 12.1. The molecule has 1 aromatic carbocycles. The average molecular weight is 503 g/mol. The molecule has 0 spiro atoms. The van der Waals surface area contributed by atoms with Crippen molar-refractivity contribution in [3.05, 3.63) is 17.7 Å².